The smallest absolute Gasteiger partial charge is 0.257 e. The van der Waals surface area contributed by atoms with Gasteiger partial charge in [-0.1, -0.05) is 6.92 Å². The second kappa shape index (κ2) is 10.1. The van der Waals surface area contributed by atoms with Crippen LogP contribution in [-0.4, -0.2) is 39.1 Å². The maximum Gasteiger partial charge on any atom is 0.257 e. The summed E-state index contributed by atoms with van der Waals surface area (Å²) in [6.07, 6.45) is 5.82. The van der Waals surface area contributed by atoms with Gasteiger partial charge in [-0.05, 0) is 75.9 Å². The maximum absolute atomic E-state index is 13.6. The van der Waals surface area contributed by atoms with Crippen molar-refractivity contribution in [2.24, 2.45) is 0 Å². The number of pyridine rings is 2. The molecule has 0 bridgehead atoms. The standard InChI is InChI=1S/C25H28N4O2.ClH/c1-4-20-7-5-6-14-29(20)25(31)22-15-26-24-21(13-8-16(2)27-24)23(22)28-19-11-9-18(10-12-19)17(3)30;/h8-13,15,20H,4-7,14H2,1-3H3,(H,26,27,28);1H. The van der Waals surface area contributed by atoms with Crippen molar-refractivity contribution in [3.8, 4) is 0 Å². The summed E-state index contributed by atoms with van der Waals surface area (Å²) in [5, 5.41) is 4.22. The maximum atomic E-state index is 13.6. The minimum atomic E-state index is 0. The number of anilines is 2. The third kappa shape index (κ3) is 4.75. The second-order valence-electron chi connectivity index (χ2n) is 8.19. The fourth-order valence-electron chi connectivity index (χ4n) is 4.25. The molecule has 0 spiro atoms. The number of rotatable bonds is 5. The van der Waals surface area contributed by atoms with Crippen LogP contribution in [0.2, 0.25) is 0 Å². The van der Waals surface area contributed by atoms with Crippen molar-refractivity contribution in [1.29, 1.82) is 0 Å². The molecule has 3 aromatic rings. The van der Waals surface area contributed by atoms with Crippen LogP contribution in [-0.2, 0) is 0 Å². The minimum Gasteiger partial charge on any atom is -0.354 e. The zero-order chi connectivity index (χ0) is 22.0. The van der Waals surface area contributed by atoms with E-state index in [0.717, 1.165) is 49.0 Å². The summed E-state index contributed by atoms with van der Waals surface area (Å²) in [7, 11) is 0. The van der Waals surface area contributed by atoms with Crippen LogP contribution in [0.1, 0.15) is 65.9 Å². The number of ketones is 1. The number of carbonyl (C=O) groups excluding carboxylic acids is 2. The average molecular weight is 453 g/mol. The molecule has 4 rings (SSSR count). The summed E-state index contributed by atoms with van der Waals surface area (Å²) in [5.41, 5.74) is 4.19. The number of likely N-dealkylation sites (tertiary alicyclic amines) is 1. The number of nitrogens with one attached hydrogen (secondary N) is 1. The lowest BCUT2D eigenvalue weighted by Crippen LogP contribution is -2.43. The summed E-state index contributed by atoms with van der Waals surface area (Å²) in [4.78, 5) is 36.3. The number of nitrogens with zero attached hydrogens (tertiary/aromatic N) is 3. The molecule has 1 unspecified atom stereocenters. The Hall–Kier alpha value is -2.99. The van der Waals surface area contributed by atoms with Crippen LogP contribution < -0.4 is 5.32 Å². The van der Waals surface area contributed by atoms with Crippen molar-refractivity contribution in [1.82, 2.24) is 14.9 Å². The lowest BCUT2D eigenvalue weighted by Gasteiger charge is -2.35. The number of halogens is 1. The van der Waals surface area contributed by atoms with Crippen LogP contribution in [0, 0.1) is 6.92 Å². The molecule has 32 heavy (non-hydrogen) atoms. The Morgan fingerprint density at radius 1 is 1.12 bits per heavy atom. The molecule has 1 atom stereocenters. The van der Waals surface area contributed by atoms with E-state index in [1.165, 1.54) is 0 Å². The molecule has 1 aromatic carbocycles. The van der Waals surface area contributed by atoms with Gasteiger partial charge in [0.1, 0.15) is 0 Å². The normalized spacial score (nSPS) is 15.8. The van der Waals surface area contributed by atoms with Gasteiger partial charge in [0.25, 0.3) is 5.91 Å². The highest BCUT2D eigenvalue weighted by atomic mass is 35.5. The number of Topliss-reactive ketones (excluding diaryl/α,β-unsaturated/α-hetero) is 1. The predicted molar refractivity (Wildman–Crippen MR) is 130 cm³/mol. The van der Waals surface area contributed by atoms with Crippen molar-refractivity contribution < 1.29 is 9.59 Å². The van der Waals surface area contributed by atoms with E-state index in [9.17, 15) is 9.59 Å². The molecule has 0 radical (unpaired) electrons. The zero-order valence-electron chi connectivity index (χ0n) is 18.7. The molecular formula is C25H29ClN4O2. The average Bonchev–Trinajstić information content (AvgIpc) is 2.79. The molecule has 1 fully saturated rings. The molecule has 2 aromatic heterocycles. The second-order valence-corrected chi connectivity index (χ2v) is 8.19. The van der Waals surface area contributed by atoms with E-state index in [0.29, 0.717) is 22.5 Å². The molecule has 1 aliphatic heterocycles. The molecule has 6 nitrogen and oxygen atoms in total. The van der Waals surface area contributed by atoms with Crippen molar-refractivity contribution in [2.45, 2.75) is 52.5 Å². The highest BCUT2D eigenvalue weighted by Crippen LogP contribution is 2.31. The molecule has 1 N–H and O–H groups in total. The largest absolute Gasteiger partial charge is 0.354 e. The third-order valence-electron chi connectivity index (χ3n) is 6.02. The summed E-state index contributed by atoms with van der Waals surface area (Å²) >= 11 is 0. The van der Waals surface area contributed by atoms with E-state index in [-0.39, 0.29) is 30.1 Å². The van der Waals surface area contributed by atoms with Crippen molar-refractivity contribution in [2.75, 3.05) is 11.9 Å². The SMILES string of the molecule is CCC1CCCCN1C(=O)c1cnc2nc(C)ccc2c1Nc1ccc(C(C)=O)cc1.Cl. The number of aromatic nitrogens is 2. The van der Waals surface area contributed by atoms with Crippen LogP contribution in [0.15, 0.2) is 42.6 Å². The van der Waals surface area contributed by atoms with E-state index in [1.54, 1.807) is 25.3 Å². The minimum absolute atomic E-state index is 0. The molecule has 7 heteroatoms. The first kappa shape index (κ1) is 23.7. The van der Waals surface area contributed by atoms with E-state index in [4.69, 9.17) is 0 Å². The monoisotopic (exact) mass is 452 g/mol. The third-order valence-corrected chi connectivity index (χ3v) is 6.02. The Labute approximate surface area is 194 Å². The van der Waals surface area contributed by atoms with Crippen LogP contribution in [0.5, 0.6) is 0 Å². The lowest BCUT2D eigenvalue weighted by atomic mass is 9.98. The fourth-order valence-corrected chi connectivity index (χ4v) is 4.25. The number of aryl methyl sites for hydroxylation is 1. The number of fused-ring (bicyclic) bond motifs is 1. The van der Waals surface area contributed by atoms with E-state index >= 15 is 0 Å². The zero-order valence-corrected chi connectivity index (χ0v) is 19.5. The summed E-state index contributed by atoms with van der Waals surface area (Å²) in [6.45, 7) is 6.38. The Balaban J connectivity index is 0.00000289. The summed E-state index contributed by atoms with van der Waals surface area (Å²) in [5.74, 6) is 0.0246. The van der Waals surface area contributed by atoms with Gasteiger partial charge in [0.05, 0.1) is 11.3 Å². The van der Waals surface area contributed by atoms with Gasteiger partial charge in [-0.15, -0.1) is 12.4 Å². The molecule has 168 valence electrons. The lowest BCUT2D eigenvalue weighted by molar-refractivity contribution is 0.0608. The van der Waals surface area contributed by atoms with Gasteiger partial charge in [-0.2, -0.15) is 0 Å². The first-order valence-electron chi connectivity index (χ1n) is 10.9. The number of hydrogen-bond donors (Lipinski definition) is 1. The van der Waals surface area contributed by atoms with Gasteiger partial charge in [-0.3, -0.25) is 9.59 Å². The molecular weight excluding hydrogens is 424 g/mol. The van der Waals surface area contributed by atoms with Crippen molar-refractivity contribution in [3.63, 3.8) is 0 Å². The molecule has 0 saturated carbocycles. The number of benzene rings is 1. The van der Waals surface area contributed by atoms with Crippen LogP contribution in [0.4, 0.5) is 11.4 Å². The summed E-state index contributed by atoms with van der Waals surface area (Å²) in [6, 6.07) is 11.4. The Morgan fingerprint density at radius 2 is 1.88 bits per heavy atom. The molecule has 1 saturated heterocycles. The fraction of sp³-hybridized carbons (Fsp3) is 0.360. The van der Waals surface area contributed by atoms with Crippen LogP contribution >= 0.6 is 12.4 Å². The van der Waals surface area contributed by atoms with E-state index < -0.39 is 0 Å². The molecule has 1 amide bonds. The van der Waals surface area contributed by atoms with E-state index in [2.05, 4.69) is 22.2 Å². The van der Waals surface area contributed by atoms with Crippen molar-refractivity contribution in [3.05, 3.63) is 59.4 Å². The van der Waals surface area contributed by atoms with Gasteiger partial charge < -0.3 is 10.2 Å². The Morgan fingerprint density at radius 3 is 2.56 bits per heavy atom. The van der Waals surface area contributed by atoms with Gasteiger partial charge in [0, 0.05) is 41.1 Å². The number of amides is 1. The molecule has 0 aliphatic carbocycles. The quantitative estimate of drug-likeness (QED) is 0.501. The van der Waals surface area contributed by atoms with Gasteiger partial charge in [-0.25, -0.2) is 9.97 Å². The van der Waals surface area contributed by atoms with Gasteiger partial charge >= 0.3 is 0 Å². The first-order chi connectivity index (χ1) is 15.0. The predicted octanol–water partition coefficient (Wildman–Crippen LogP) is 5.71. The number of hydrogen-bond acceptors (Lipinski definition) is 5. The van der Waals surface area contributed by atoms with Crippen LogP contribution in [0.3, 0.4) is 0 Å². The summed E-state index contributed by atoms with van der Waals surface area (Å²) < 4.78 is 0. The topological polar surface area (TPSA) is 75.2 Å². The highest BCUT2D eigenvalue weighted by Gasteiger charge is 2.28. The molecule has 1 aliphatic rings. The Bertz CT molecular complexity index is 1130. The van der Waals surface area contributed by atoms with Crippen molar-refractivity contribution >= 4 is 46.5 Å². The number of piperidine rings is 1. The van der Waals surface area contributed by atoms with Crippen LogP contribution in [0.25, 0.3) is 11.0 Å². The van der Waals surface area contributed by atoms with Gasteiger partial charge in [0.2, 0.25) is 0 Å². The first-order valence-corrected chi connectivity index (χ1v) is 10.9. The number of carbonyl (C=O) groups is 2. The molecule has 3 heterocycles. The Kier molecular flexibility index (Phi) is 7.46. The van der Waals surface area contributed by atoms with Gasteiger partial charge in [0.15, 0.2) is 11.4 Å². The van der Waals surface area contributed by atoms with E-state index in [1.807, 2.05) is 36.1 Å². The highest BCUT2D eigenvalue weighted by molar-refractivity contribution is 6.07.